The summed E-state index contributed by atoms with van der Waals surface area (Å²) < 4.78 is 10.9. The van der Waals surface area contributed by atoms with Crippen LogP contribution < -0.4 is 14.8 Å². The second-order valence-electron chi connectivity index (χ2n) is 8.62. The molecule has 0 saturated heterocycles. The molecule has 0 heterocycles. The summed E-state index contributed by atoms with van der Waals surface area (Å²) in [7, 11) is 3.25. The molecule has 1 N–H and O–H groups in total. The van der Waals surface area contributed by atoms with Gasteiger partial charge in [-0.05, 0) is 54.1 Å². The normalized spacial score (nSPS) is 12.5. The predicted octanol–water partition coefficient (Wildman–Crippen LogP) is 6.70. The average Bonchev–Trinajstić information content (AvgIpc) is 2.87. The Bertz CT molecular complexity index is 1010. The first-order valence-corrected chi connectivity index (χ1v) is 11.5. The smallest absolute Gasteiger partial charge is 0.161 e. The van der Waals surface area contributed by atoms with Gasteiger partial charge in [0.1, 0.15) is 0 Å². The third kappa shape index (κ3) is 6.11. The Morgan fingerprint density at radius 1 is 0.853 bits per heavy atom. The molecule has 1 atom stereocenters. The SMILES string of the molecule is COc1ccc(C(C#N)(CCCNC(c2ccccc2)c2ccccc2)C(C)C)cc1OC.Cl. The molecule has 0 aromatic heterocycles. The van der Waals surface area contributed by atoms with Crippen LogP contribution in [0.2, 0.25) is 0 Å². The summed E-state index contributed by atoms with van der Waals surface area (Å²) in [4.78, 5) is 0. The first-order chi connectivity index (χ1) is 16.1. The summed E-state index contributed by atoms with van der Waals surface area (Å²) in [6.07, 6.45) is 1.62. The van der Waals surface area contributed by atoms with Crippen LogP contribution in [0.15, 0.2) is 78.9 Å². The van der Waals surface area contributed by atoms with E-state index in [0.717, 1.165) is 24.9 Å². The van der Waals surface area contributed by atoms with Crippen molar-refractivity contribution >= 4 is 12.4 Å². The third-order valence-electron chi connectivity index (χ3n) is 6.45. The van der Waals surface area contributed by atoms with Crippen LogP contribution in [-0.2, 0) is 5.41 Å². The molecular formula is C29H35ClN2O2. The number of hydrogen-bond acceptors (Lipinski definition) is 4. The van der Waals surface area contributed by atoms with E-state index in [1.165, 1.54) is 11.1 Å². The fourth-order valence-electron chi connectivity index (χ4n) is 4.46. The van der Waals surface area contributed by atoms with Gasteiger partial charge in [-0.1, -0.05) is 80.6 Å². The van der Waals surface area contributed by atoms with Crippen LogP contribution in [0.25, 0.3) is 0 Å². The highest BCUT2D eigenvalue weighted by atomic mass is 35.5. The Morgan fingerprint density at radius 2 is 1.41 bits per heavy atom. The first-order valence-electron chi connectivity index (χ1n) is 11.5. The lowest BCUT2D eigenvalue weighted by Gasteiger charge is -2.32. The van der Waals surface area contributed by atoms with E-state index in [9.17, 15) is 5.26 Å². The fraction of sp³-hybridized carbons (Fsp3) is 0.345. The molecule has 0 saturated carbocycles. The Morgan fingerprint density at radius 3 is 1.88 bits per heavy atom. The number of nitrogens with zero attached hydrogens (tertiary/aromatic N) is 1. The summed E-state index contributed by atoms with van der Waals surface area (Å²) in [5.41, 5.74) is 2.84. The standard InChI is InChI=1S/C29H34N2O2.ClH/c1-22(2)29(21-30,25-16-17-26(32-3)27(20-25)33-4)18-11-19-31-28(23-12-7-5-8-13-23)24-14-9-6-10-15-24;/h5-10,12-17,20,22,28,31H,11,18-19H2,1-4H3;1H. The Labute approximate surface area is 210 Å². The van der Waals surface area contributed by atoms with Crippen LogP contribution >= 0.6 is 12.4 Å². The van der Waals surface area contributed by atoms with Gasteiger partial charge in [0.25, 0.3) is 0 Å². The van der Waals surface area contributed by atoms with Gasteiger partial charge < -0.3 is 14.8 Å². The number of methoxy groups -OCH3 is 2. The predicted molar refractivity (Wildman–Crippen MR) is 141 cm³/mol. The van der Waals surface area contributed by atoms with Gasteiger partial charge in [0.05, 0.1) is 31.7 Å². The zero-order valence-electron chi connectivity index (χ0n) is 20.5. The fourth-order valence-corrected chi connectivity index (χ4v) is 4.46. The summed E-state index contributed by atoms with van der Waals surface area (Å²) >= 11 is 0. The van der Waals surface area contributed by atoms with Gasteiger partial charge in [-0.3, -0.25) is 0 Å². The Kier molecular flexibility index (Phi) is 10.4. The van der Waals surface area contributed by atoms with E-state index in [4.69, 9.17) is 9.47 Å². The minimum atomic E-state index is -0.601. The monoisotopic (exact) mass is 478 g/mol. The summed E-state index contributed by atoms with van der Waals surface area (Å²) in [6.45, 7) is 5.03. The molecule has 180 valence electrons. The largest absolute Gasteiger partial charge is 0.493 e. The molecule has 3 aromatic carbocycles. The topological polar surface area (TPSA) is 54.3 Å². The molecule has 0 aliphatic heterocycles. The molecule has 0 aliphatic carbocycles. The molecule has 4 nitrogen and oxygen atoms in total. The molecular weight excluding hydrogens is 444 g/mol. The number of nitriles is 1. The minimum Gasteiger partial charge on any atom is -0.493 e. The lowest BCUT2D eigenvalue weighted by atomic mass is 9.69. The van der Waals surface area contributed by atoms with Crippen molar-refractivity contribution in [3.05, 3.63) is 95.6 Å². The minimum absolute atomic E-state index is 0. The van der Waals surface area contributed by atoms with Crippen LogP contribution in [-0.4, -0.2) is 20.8 Å². The number of ether oxygens (including phenoxy) is 2. The van der Waals surface area contributed by atoms with Crippen molar-refractivity contribution < 1.29 is 9.47 Å². The second-order valence-corrected chi connectivity index (χ2v) is 8.62. The third-order valence-corrected chi connectivity index (χ3v) is 6.45. The number of nitrogens with one attached hydrogen (secondary N) is 1. The van der Waals surface area contributed by atoms with Gasteiger partial charge in [-0.2, -0.15) is 5.26 Å². The van der Waals surface area contributed by atoms with E-state index in [-0.39, 0.29) is 24.4 Å². The van der Waals surface area contributed by atoms with Gasteiger partial charge in [0, 0.05) is 0 Å². The summed E-state index contributed by atoms with van der Waals surface area (Å²) in [5.74, 6) is 1.48. The van der Waals surface area contributed by atoms with Gasteiger partial charge in [0.15, 0.2) is 11.5 Å². The van der Waals surface area contributed by atoms with E-state index < -0.39 is 5.41 Å². The molecule has 3 aromatic rings. The molecule has 3 rings (SSSR count). The zero-order chi connectivity index (χ0) is 23.7. The van der Waals surface area contributed by atoms with Crippen LogP contribution in [0, 0.1) is 17.2 Å². The van der Waals surface area contributed by atoms with Crippen molar-refractivity contribution in [2.45, 2.75) is 38.1 Å². The van der Waals surface area contributed by atoms with Crippen LogP contribution in [0.5, 0.6) is 11.5 Å². The highest BCUT2D eigenvalue weighted by molar-refractivity contribution is 5.85. The maximum absolute atomic E-state index is 10.3. The quantitative estimate of drug-likeness (QED) is 0.311. The number of rotatable bonds is 11. The maximum atomic E-state index is 10.3. The van der Waals surface area contributed by atoms with E-state index in [1.807, 2.05) is 30.3 Å². The van der Waals surface area contributed by atoms with Crippen LogP contribution in [0.3, 0.4) is 0 Å². The number of hydrogen-bond donors (Lipinski definition) is 1. The summed E-state index contributed by atoms with van der Waals surface area (Å²) in [5, 5.41) is 14.0. The highest BCUT2D eigenvalue weighted by Gasteiger charge is 2.36. The molecule has 1 unspecified atom stereocenters. The Balaban J connectivity index is 0.00000408. The molecule has 5 heteroatoms. The lowest BCUT2D eigenvalue weighted by molar-refractivity contribution is 0.340. The van der Waals surface area contributed by atoms with E-state index in [2.05, 4.69) is 73.8 Å². The van der Waals surface area contributed by atoms with E-state index in [1.54, 1.807) is 14.2 Å². The molecule has 34 heavy (non-hydrogen) atoms. The molecule has 0 radical (unpaired) electrons. The summed E-state index contributed by atoms with van der Waals surface area (Å²) in [6, 6.07) is 29.6. The van der Waals surface area contributed by atoms with Crippen molar-refractivity contribution in [3.8, 4) is 17.6 Å². The van der Waals surface area contributed by atoms with Gasteiger partial charge in [-0.15, -0.1) is 12.4 Å². The molecule has 0 amide bonds. The van der Waals surface area contributed by atoms with Gasteiger partial charge in [0.2, 0.25) is 0 Å². The number of benzene rings is 3. The van der Waals surface area contributed by atoms with Crippen molar-refractivity contribution in [3.63, 3.8) is 0 Å². The molecule has 0 bridgehead atoms. The lowest BCUT2D eigenvalue weighted by Crippen LogP contribution is -2.32. The van der Waals surface area contributed by atoms with Crippen molar-refractivity contribution in [2.24, 2.45) is 5.92 Å². The maximum Gasteiger partial charge on any atom is 0.161 e. The highest BCUT2D eigenvalue weighted by Crippen LogP contribution is 2.40. The van der Waals surface area contributed by atoms with Crippen LogP contribution in [0.1, 0.15) is 49.4 Å². The van der Waals surface area contributed by atoms with Gasteiger partial charge in [-0.25, -0.2) is 0 Å². The second kappa shape index (κ2) is 13.0. The Hall–Kier alpha value is -3.00. The van der Waals surface area contributed by atoms with Crippen molar-refractivity contribution in [1.29, 1.82) is 5.26 Å². The van der Waals surface area contributed by atoms with E-state index in [0.29, 0.717) is 11.5 Å². The average molecular weight is 479 g/mol. The molecule has 0 spiro atoms. The zero-order valence-corrected chi connectivity index (χ0v) is 21.3. The van der Waals surface area contributed by atoms with Crippen molar-refractivity contribution in [2.75, 3.05) is 20.8 Å². The van der Waals surface area contributed by atoms with Gasteiger partial charge >= 0.3 is 0 Å². The first kappa shape index (κ1) is 27.2. The molecule has 0 aliphatic rings. The number of halogens is 1. The molecule has 0 fully saturated rings. The van der Waals surface area contributed by atoms with Crippen molar-refractivity contribution in [1.82, 2.24) is 5.32 Å². The van der Waals surface area contributed by atoms with E-state index >= 15 is 0 Å². The van der Waals surface area contributed by atoms with Crippen LogP contribution in [0.4, 0.5) is 0 Å².